The molecule has 0 unspecified atom stereocenters. The first-order valence-electron chi connectivity index (χ1n) is 5.16. The average molecular weight is 215 g/mol. The van der Waals surface area contributed by atoms with E-state index in [1.165, 1.54) is 0 Å². The van der Waals surface area contributed by atoms with Crippen LogP contribution in [0.1, 0.15) is 29.1 Å². The number of nitrogens with one attached hydrogen (secondary N) is 1. The fraction of sp³-hybridized carbons (Fsp3) is 0.154. The first kappa shape index (κ1) is 10.5. The lowest BCUT2D eigenvalue weighted by Gasteiger charge is -2.11. The second-order valence-electron chi connectivity index (χ2n) is 3.58. The third-order valence-electron chi connectivity index (χ3n) is 2.35. The molecule has 0 saturated heterocycles. The van der Waals surface area contributed by atoms with E-state index in [0.717, 1.165) is 5.76 Å². The second kappa shape index (κ2) is 4.66. The molecule has 0 aliphatic heterocycles. The van der Waals surface area contributed by atoms with E-state index in [0.29, 0.717) is 5.56 Å². The number of hydrogen-bond acceptors (Lipinski definition) is 2. The minimum atomic E-state index is -0.122. The predicted octanol–water partition coefficient (Wildman–Crippen LogP) is 2.77. The molecule has 16 heavy (non-hydrogen) atoms. The molecule has 0 radical (unpaired) electrons. The highest BCUT2D eigenvalue weighted by Gasteiger charge is 2.12. The lowest BCUT2D eigenvalue weighted by atomic mass is 10.2. The van der Waals surface area contributed by atoms with Gasteiger partial charge in [0.2, 0.25) is 0 Å². The summed E-state index contributed by atoms with van der Waals surface area (Å²) in [4.78, 5) is 11.8. The van der Waals surface area contributed by atoms with Crippen LogP contribution in [-0.2, 0) is 0 Å². The van der Waals surface area contributed by atoms with Crippen molar-refractivity contribution >= 4 is 5.91 Å². The highest BCUT2D eigenvalue weighted by molar-refractivity contribution is 5.94. The van der Waals surface area contributed by atoms with Gasteiger partial charge in [-0.2, -0.15) is 0 Å². The van der Waals surface area contributed by atoms with Crippen molar-refractivity contribution in [2.24, 2.45) is 0 Å². The number of carbonyl (C=O) groups is 1. The van der Waals surface area contributed by atoms with E-state index in [4.69, 9.17) is 4.42 Å². The van der Waals surface area contributed by atoms with Crippen molar-refractivity contribution in [3.8, 4) is 0 Å². The number of benzene rings is 1. The highest BCUT2D eigenvalue weighted by atomic mass is 16.3. The molecular formula is C13H13NO2. The third kappa shape index (κ3) is 2.31. The van der Waals surface area contributed by atoms with Gasteiger partial charge in [-0.3, -0.25) is 4.79 Å². The summed E-state index contributed by atoms with van der Waals surface area (Å²) in [6.45, 7) is 1.89. The molecule has 0 fully saturated rings. The molecule has 1 amide bonds. The molecule has 0 aliphatic rings. The third-order valence-corrected chi connectivity index (χ3v) is 2.35. The Morgan fingerprint density at radius 2 is 1.94 bits per heavy atom. The molecule has 3 nitrogen and oxygen atoms in total. The maximum atomic E-state index is 11.8. The fourth-order valence-electron chi connectivity index (χ4n) is 1.48. The zero-order valence-corrected chi connectivity index (χ0v) is 9.01. The van der Waals surface area contributed by atoms with Crippen LogP contribution in [0.5, 0.6) is 0 Å². The lowest BCUT2D eigenvalue weighted by molar-refractivity contribution is 0.0935. The molecule has 1 aromatic heterocycles. The quantitative estimate of drug-likeness (QED) is 0.855. The lowest BCUT2D eigenvalue weighted by Crippen LogP contribution is -2.26. The topological polar surface area (TPSA) is 42.2 Å². The van der Waals surface area contributed by atoms with Gasteiger partial charge in [-0.05, 0) is 31.2 Å². The number of rotatable bonds is 3. The zero-order valence-electron chi connectivity index (χ0n) is 9.01. The van der Waals surface area contributed by atoms with Crippen molar-refractivity contribution in [1.82, 2.24) is 5.32 Å². The fourth-order valence-corrected chi connectivity index (χ4v) is 1.48. The Kier molecular flexibility index (Phi) is 3.05. The molecule has 0 spiro atoms. The van der Waals surface area contributed by atoms with Crippen LogP contribution in [-0.4, -0.2) is 5.91 Å². The van der Waals surface area contributed by atoms with Crippen molar-refractivity contribution in [3.05, 3.63) is 60.1 Å². The molecule has 0 saturated carbocycles. The molecule has 0 aliphatic carbocycles. The summed E-state index contributed by atoms with van der Waals surface area (Å²) >= 11 is 0. The van der Waals surface area contributed by atoms with Crippen molar-refractivity contribution in [3.63, 3.8) is 0 Å². The zero-order chi connectivity index (χ0) is 11.4. The Morgan fingerprint density at radius 3 is 2.56 bits per heavy atom. The van der Waals surface area contributed by atoms with Gasteiger partial charge in [-0.15, -0.1) is 0 Å². The summed E-state index contributed by atoms with van der Waals surface area (Å²) < 4.78 is 5.22. The normalized spacial score (nSPS) is 12.1. The van der Waals surface area contributed by atoms with Crippen molar-refractivity contribution in [2.45, 2.75) is 13.0 Å². The van der Waals surface area contributed by atoms with Crippen molar-refractivity contribution < 1.29 is 9.21 Å². The van der Waals surface area contributed by atoms with Crippen molar-refractivity contribution in [2.75, 3.05) is 0 Å². The van der Waals surface area contributed by atoms with Crippen LogP contribution in [0.2, 0.25) is 0 Å². The van der Waals surface area contributed by atoms with Gasteiger partial charge in [0.15, 0.2) is 0 Å². The van der Waals surface area contributed by atoms with Crippen LogP contribution >= 0.6 is 0 Å². The van der Waals surface area contributed by atoms with Crippen LogP contribution < -0.4 is 5.32 Å². The first-order valence-corrected chi connectivity index (χ1v) is 5.16. The largest absolute Gasteiger partial charge is 0.467 e. The number of furan rings is 1. The van der Waals surface area contributed by atoms with Crippen molar-refractivity contribution in [1.29, 1.82) is 0 Å². The minimum Gasteiger partial charge on any atom is -0.467 e. The van der Waals surface area contributed by atoms with E-state index >= 15 is 0 Å². The maximum absolute atomic E-state index is 11.8. The van der Waals surface area contributed by atoms with E-state index < -0.39 is 0 Å². The van der Waals surface area contributed by atoms with Gasteiger partial charge in [0.25, 0.3) is 5.91 Å². The Morgan fingerprint density at radius 1 is 1.19 bits per heavy atom. The van der Waals surface area contributed by atoms with Gasteiger partial charge in [0, 0.05) is 5.56 Å². The summed E-state index contributed by atoms with van der Waals surface area (Å²) in [6.07, 6.45) is 1.60. The summed E-state index contributed by atoms with van der Waals surface area (Å²) in [5.74, 6) is 0.661. The number of hydrogen-bond donors (Lipinski definition) is 1. The average Bonchev–Trinajstić information content (AvgIpc) is 2.83. The van der Waals surface area contributed by atoms with Crippen LogP contribution in [0.15, 0.2) is 53.1 Å². The van der Waals surface area contributed by atoms with Crippen LogP contribution in [0.3, 0.4) is 0 Å². The molecule has 1 atom stereocenters. The van der Waals surface area contributed by atoms with Gasteiger partial charge in [-0.1, -0.05) is 18.2 Å². The Hall–Kier alpha value is -2.03. The Labute approximate surface area is 94.1 Å². The smallest absolute Gasteiger partial charge is 0.251 e. The number of carbonyl (C=O) groups excluding carboxylic acids is 1. The van der Waals surface area contributed by atoms with Crippen LogP contribution in [0.4, 0.5) is 0 Å². The Bertz CT molecular complexity index is 448. The summed E-state index contributed by atoms with van der Waals surface area (Å²) in [6, 6.07) is 12.7. The van der Waals surface area contributed by atoms with E-state index in [-0.39, 0.29) is 11.9 Å². The molecule has 0 bridgehead atoms. The summed E-state index contributed by atoms with van der Waals surface area (Å²) in [5.41, 5.74) is 0.654. The van der Waals surface area contributed by atoms with E-state index in [1.54, 1.807) is 24.5 Å². The van der Waals surface area contributed by atoms with Gasteiger partial charge in [-0.25, -0.2) is 0 Å². The van der Waals surface area contributed by atoms with Crippen LogP contribution in [0, 0.1) is 0 Å². The number of amides is 1. The second-order valence-corrected chi connectivity index (χ2v) is 3.58. The maximum Gasteiger partial charge on any atom is 0.251 e. The molecule has 1 N–H and O–H groups in total. The van der Waals surface area contributed by atoms with Crippen LogP contribution in [0.25, 0.3) is 0 Å². The predicted molar refractivity (Wildman–Crippen MR) is 61.0 cm³/mol. The first-order chi connectivity index (χ1) is 7.77. The standard InChI is InChI=1S/C13H13NO2/c1-10(12-8-5-9-16-12)14-13(15)11-6-3-2-4-7-11/h2-10H,1H3,(H,14,15)/t10-/m1/s1. The highest BCUT2D eigenvalue weighted by Crippen LogP contribution is 2.13. The molecule has 3 heteroatoms. The monoisotopic (exact) mass is 215 g/mol. The van der Waals surface area contributed by atoms with Gasteiger partial charge >= 0.3 is 0 Å². The van der Waals surface area contributed by atoms with E-state index in [9.17, 15) is 4.79 Å². The molecule has 1 heterocycles. The Balaban J connectivity index is 2.03. The SMILES string of the molecule is C[C@@H](NC(=O)c1ccccc1)c1ccco1. The molecule has 2 rings (SSSR count). The van der Waals surface area contributed by atoms with Gasteiger partial charge in [0.05, 0.1) is 12.3 Å². The minimum absolute atomic E-state index is 0.0931. The molecule has 1 aromatic carbocycles. The van der Waals surface area contributed by atoms with Gasteiger partial charge < -0.3 is 9.73 Å². The molecule has 2 aromatic rings. The molecular weight excluding hydrogens is 202 g/mol. The van der Waals surface area contributed by atoms with E-state index in [2.05, 4.69) is 5.32 Å². The van der Waals surface area contributed by atoms with E-state index in [1.807, 2.05) is 31.2 Å². The van der Waals surface area contributed by atoms with Gasteiger partial charge in [0.1, 0.15) is 5.76 Å². The summed E-state index contributed by atoms with van der Waals surface area (Å²) in [7, 11) is 0. The summed E-state index contributed by atoms with van der Waals surface area (Å²) in [5, 5.41) is 2.87. The molecule has 82 valence electrons.